The van der Waals surface area contributed by atoms with Gasteiger partial charge in [0.1, 0.15) is 5.69 Å². The molecule has 0 radical (unpaired) electrons. The van der Waals surface area contributed by atoms with E-state index in [4.69, 9.17) is 5.11 Å². The van der Waals surface area contributed by atoms with Crippen molar-refractivity contribution in [2.24, 2.45) is 5.92 Å². The number of thiazole rings is 1. The number of carbonyl (C=O) groups is 2. The van der Waals surface area contributed by atoms with Gasteiger partial charge in [-0.3, -0.25) is 9.59 Å². The van der Waals surface area contributed by atoms with E-state index in [1.807, 2.05) is 6.92 Å². The Labute approximate surface area is 103 Å². The number of aliphatic carboxylic acids is 1. The van der Waals surface area contributed by atoms with Crippen molar-refractivity contribution in [2.45, 2.75) is 19.8 Å². The van der Waals surface area contributed by atoms with Crippen LogP contribution in [0.1, 0.15) is 28.2 Å². The van der Waals surface area contributed by atoms with Crippen LogP contribution in [0.15, 0.2) is 5.51 Å². The lowest BCUT2D eigenvalue weighted by atomic mass is 9.97. The van der Waals surface area contributed by atoms with Crippen molar-refractivity contribution in [2.75, 3.05) is 13.1 Å². The number of aromatic nitrogens is 1. The third-order valence-corrected chi connectivity index (χ3v) is 3.84. The molecule has 1 fully saturated rings. The Kier molecular flexibility index (Phi) is 3.42. The predicted octanol–water partition coefficient (Wildman–Crippen LogP) is 1.39. The number of piperidine rings is 1. The molecule has 0 aliphatic carbocycles. The van der Waals surface area contributed by atoms with E-state index in [0.29, 0.717) is 31.6 Å². The molecule has 1 aromatic heterocycles. The molecule has 2 heterocycles. The van der Waals surface area contributed by atoms with E-state index in [-0.39, 0.29) is 11.8 Å². The zero-order chi connectivity index (χ0) is 12.4. The summed E-state index contributed by atoms with van der Waals surface area (Å²) in [5.74, 6) is -1.15. The van der Waals surface area contributed by atoms with Gasteiger partial charge in [-0.15, -0.1) is 11.3 Å². The first-order valence-electron chi connectivity index (χ1n) is 5.51. The van der Waals surface area contributed by atoms with Gasteiger partial charge >= 0.3 is 5.97 Å². The summed E-state index contributed by atoms with van der Waals surface area (Å²) in [7, 11) is 0. The SMILES string of the molecule is Cc1scnc1C(=O)N1CCC(C(=O)O)CC1. The van der Waals surface area contributed by atoms with E-state index < -0.39 is 5.97 Å². The molecule has 0 aromatic carbocycles. The van der Waals surface area contributed by atoms with Crippen LogP contribution in [-0.4, -0.2) is 40.0 Å². The summed E-state index contributed by atoms with van der Waals surface area (Å²) in [4.78, 5) is 29.5. The molecule has 1 N–H and O–H groups in total. The highest BCUT2D eigenvalue weighted by Crippen LogP contribution is 2.20. The van der Waals surface area contributed by atoms with Crippen LogP contribution in [0.4, 0.5) is 0 Å². The van der Waals surface area contributed by atoms with Crippen molar-refractivity contribution in [3.63, 3.8) is 0 Å². The van der Waals surface area contributed by atoms with Crippen LogP contribution in [-0.2, 0) is 4.79 Å². The van der Waals surface area contributed by atoms with Crippen molar-refractivity contribution in [1.82, 2.24) is 9.88 Å². The Balaban J connectivity index is 2.00. The maximum atomic E-state index is 12.1. The van der Waals surface area contributed by atoms with Crippen molar-refractivity contribution >= 4 is 23.2 Å². The second-order valence-corrected chi connectivity index (χ2v) is 5.22. The van der Waals surface area contributed by atoms with Crippen LogP contribution < -0.4 is 0 Å². The van der Waals surface area contributed by atoms with Gasteiger partial charge in [0.25, 0.3) is 5.91 Å². The fraction of sp³-hybridized carbons (Fsp3) is 0.545. The van der Waals surface area contributed by atoms with Gasteiger partial charge < -0.3 is 10.0 Å². The Hall–Kier alpha value is -1.43. The number of hydrogen-bond donors (Lipinski definition) is 1. The molecule has 0 atom stereocenters. The number of nitrogens with zero attached hydrogens (tertiary/aromatic N) is 2. The summed E-state index contributed by atoms with van der Waals surface area (Å²) in [5.41, 5.74) is 2.16. The van der Waals surface area contributed by atoms with E-state index in [0.717, 1.165) is 4.88 Å². The van der Waals surface area contributed by atoms with Gasteiger partial charge in [-0.05, 0) is 19.8 Å². The Morgan fingerprint density at radius 3 is 2.59 bits per heavy atom. The molecule has 0 unspecified atom stereocenters. The lowest BCUT2D eigenvalue weighted by molar-refractivity contribution is -0.143. The predicted molar refractivity (Wildman–Crippen MR) is 63.1 cm³/mol. The number of carbonyl (C=O) groups excluding carboxylic acids is 1. The monoisotopic (exact) mass is 254 g/mol. The Bertz CT molecular complexity index is 436. The summed E-state index contributed by atoms with van der Waals surface area (Å²) < 4.78 is 0. The van der Waals surface area contributed by atoms with Crippen LogP contribution in [0.3, 0.4) is 0 Å². The molecule has 17 heavy (non-hydrogen) atoms. The minimum atomic E-state index is -0.762. The smallest absolute Gasteiger partial charge is 0.306 e. The van der Waals surface area contributed by atoms with Gasteiger partial charge in [0.05, 0.1) is 11.4 Å². The quantitative estimate of drug-likeness (QED) is 0.865. The van der Waals surface area contributed by atoms with Crippen LogP contribution in [0.2, 0.25) is 0 Å². The molecule has 92 valence electrons. The number of carboxylic acids is 1. The number of carboxylic acid groups (broad SMARTS) is 1. The topological polar surface area (TPSA) is 70.5 Å². The first-order chi connectivity index (χ1) is 8.09. The molecule has 2 rings (SSSR count). The van der Waals surface area contributed by atoms with E-state index >= 15 is 0 Å². The lowest BCUT2D eigenvalue weighted by Gasteiger charge is -2.29. The number of hydrogen-bond acceptors (Lipinski definition) is 4. The fourth-order valence-electron chi connectivity index (χ4n) is 1.99. The molecule has 1 aromatic rings. The highest BCUT2D eigenvalue weighted by Gasteiger charge is 2.28. The molecule has 0 spiro atoms. The molecular formula is C11H14N2O3S. The molecule has 1 amide bonds. The van der Waals surface area contributed by atoms with Gasteiger partial charge in [-0.2, -0.15) is 0 Å². The second kappa shape index (κ2) is 4.83. The highest BCUT2D eigenvalue weighted by atomic mass is 32.1. The average Bonchev–Trinajstić information content (AvgIpc) is 2.74. The summed E-state index contributed by atoms with van der Waals surface area (Å²) in [5, 5.41) is 8.88. The zero-order valence-electron chi connectivity index (χ0n) is 9.55. The summed E-state index contributed by atoms with van der Waals surface area (Å²) in [6.07, 6.45) is 1.06. The number of aryl methyl sites for hydroxylation is 1. The summed E-state index contributed by atoms with van der Waals surface area (Å²) in [6, 6.07) is 0. The van der Waals surface area contributed by atoms with Crippen molar-refractivity contribution in [1.29, 1.82) is 0 Å². The molecule has 0 saturated carbocycles. The maximum Gasteiger partial charge on any atom is 0.306 e. The highest BCUT2D eigenvalue weighted by molar-refractivity contribution is 7.09. The number of rotatable bonds is 2. The van der Waals surface area contributed by atoms with Crippen molar-refractivity contribution in [3.05, 3.63) is 16.1 Å². The maximum absolute atomic E-state index is 12.1. The van der Waals surface area contributed by atoms with Gasteiger partial charge in [-0.25, -0.2) is 4.98 Å². The largest absolute Gasteiger partial charge is 0.481 e. The zero-order valence-corrected chi connectivity index (χ0v) is 10.4. The summed E-state index contributed by atoms with van der Waals surface area (Å²) in [6.45, 7) is 2.88. The van der Waals surface area contributed by atoms with Crippen LogP contribution in [0, 0.1) is 12.8 Å². The van der Waals surface area contributed by atoms with E-state index in [2.05, 4.69) is 4.98 Å². The van der Waals surface area contributed by atoms with Gasteiger partial charge in [0, 0.05) is 18.0 Å². The molecule has 6 heteroatoms. The normalized spacial score (nSPS) is 17.1. The Morgan fingerprint density at radius 1 is 1.47 bits per heavy atom. The van der Waals surface area contributed by atoms with Crippen LogP contribution >= 0.6 is 11.3 Å². The minimum Gasteiger partial charge on any atom is -0.481 e. The van der Waals surface area contributed by atoms with Gasteiger partial charge in [0.2, 0.25) is 0 Å². The van der Waals surface area contributed by atoms with Gasteiger partial charge in [0.15, 0.2) is 0 Å². The van der Waals surface area contributed by atoms with Crippen molar-refractivity contribution in [3.8, 4) is 0 Å². The average molecular weight is 254 g/mol. The minimum absolute atomic E-state index is 0.0763. The third kappa shape index (κ3) is 2.46. The first-order valence-corrected chi connectivity index (χ1v) is 6.39. The number of likely N-dealkylation sites (tertiary alicyclic amines) is 1. The fourth-order valence-corrected chi connectivity index (χ4v) is 2.56. The third-order valence-electron chi connectivity index (χ3n) is 3.08. The van der Waals surface area contributed by atoms with E-state index in [9.17, 15) is 9.59 Å². The van der Waals surface area contributed by atoms with E-state index in [1.165, 1.54) is 11.3 Å². The number of amides is 1. The van der Waals surface area contributed by atoms with Crippen LogP contribution in [0.5, 0.6) is 0 Å². The molecule has 5 nitrogen and oxygen atoms in total. The molecule has 1 saturated heterocycles. The lowest BCUT2D eigenvalue weighted by Crippen LogP contribution is -2.40. The van der Waals surface area contributed by atoms with E-state index in [1.54, 1.807) is 10.4 Å². The molecule has 1 aliphatic rings. The molecule has 1 aliphatic heterocycles. The molecular weight excluding hydrogens is 240 g/mol. The standard InChI is InChI=1S/C11H14N2O3S/c1-7-9(12-6-17-7)10(14)13-4-2-8(3-5-13)11(15)16/h6,8H,2-5H2,1H3,(H,15,16). The second-order valence-electron chi connectivity index (χ2n) is 4.16. The molecule has 0 bridgehead atoms. The van der Waals surface area contributed by atoms with Crippen molar-refractivity contribution < 1.29 is 14.7 Å². The van der Waals surface area contributed by atoms with Gasteiger partial charge in [-0.1, -0.05) is 0 Å². The summed E-state index contributed by atoms with van der Waals surface area (Å²) >= 11 is 1.45. The first kappa shape index (κ1) is 12.0. The van der Waals surface area contributed by atoms with Crippen LogP contribution in [0.25, 0.3) is 0 Å². The Morgan fingerprint density at radius 2 is 2.12 bits per heavy atom.